The molecule has 0 fully saturated rings. The second-order valence-electron chi connectivity index (χ2n) is 2.20. The van der Waals surface area contributed by atoms with Gasteiger partial charge in [0.05, 0.1) is 11.6 Å². The van der Waals surface area contributed by atoms with Gasteiger partial charge in [-0.3, -0.25) is 4.79 Å². The van der Waals surface area contributed by atoms with E-state index < -0.39 is 0 Å². The van der Waals surface area contributed by atoms with Crippen LogP contribution >= 0.6 is 11.6 Å². The summed E-state index contributed by atoms with van der Waals surface area (Å²) in [4.78, 5) is 14.8. The van der Waals surface area contributed by atoms with Crippen molar-refractivity contribution in [3.05, 3.63) is 29.6 Å². The number of aromatic nitrogens is 1. The molecule has 1 heterocycles. The van der Waals surface area contributed by atoms with Gasteiger partial charge in [0.1, 0.15) is 5.69 Å². The molecular weight excluding hydrogens is 162 g/mol. The molecule has 0 saturated heterocycles. The molecule has 0 saturated carbocycles. The zero-order valence-electron chi connectivity index (χ0n) is 6.17. The standard InChI is InChI=1S/C8H8ClNO/c1-6(11)8-4-2-3-7(5-9)10-8/h2-4H,5H2,1H3. The summed E-state index contributed by atoms with van der Waals surface area (Å²) < 4.78 is 0. The molecule has 1 aromatic rings. The zero-order chi connectivity index (χ0) is 8.27. The van der Waals surface area contributed by atoms with Crippen LogP contribution in [0.2, 0.25) is 0 Å². The van der Waals surface area contributed by atoms with Crippen molar-refractivity contribution in [2.45, 2.75) is 12.8 Å². The molecule has 2 nitrogen and oxygen atoms in total. The Kier molecular flexibility index (Phi) is 2.60. The van der Waals surface area contributed by atoms with Crippen LogP contribution in [0.1, 0.15) is 23.1 Å². The molecule has 0 unspecified atom stereocenters. The van der Waals surface area contributed by atoms with Crippen molar-refractivity contribution in [2.75, 3.05) is 0 Å². The maximum Gasteiger partial charge on any atom is 0.178 e. The van der Waals surface area contributed by atoms with Crippen molar-refractivity contribution in [2.24, 2.45) is 0 Å². The summed E-state index contributed by atoms with van der Waals surface area (Å²) in [5.74, 6) is 0.318. The number of hydrogen-bond donors (Lipinski definition) is 0. The van der Waals surface area contributed by atoms with Crippen LogP contribution in [0.5, 0.6) is 0 Å². The third-order valence-corrected chi connectivity index (χ3v) is 1.58. The number of halogens is 1. The first-order valence-electron chi connectivity index (χ1n) is 3.27. The molecule has 0 aliphatic carbocycles. The van der Waals surface area contributed by atoms with Crippen LogP contribution in [0.4, 0.5) is 0 Å². The number of rotatable bonds is 2. The number of Topliss-reactive ketones (excluding diaryl/α,β-unsaturated/α-hetero) is 1. The van der Waals surface area contributed by atoms with E-state index in [1.165, 1.54) is 6.92 Å². The maximum atomic E-state index is 10.8. The molecule has 0 aliphatic rings. The number of hydrogen-bond acceptors (Lipinski definition) is 2. The van der Waals surface area contributed by atoms with Gasteiger partial charge in [0.25, 0.3) is 0 Å². The summed E-state index contributed by atoms with van der Waals surface area (Å²) in [6.07, 6.45) is 0. The quantitative estimate of drug-likeness (QED) is 0.501. The zero-order valence-corrected chi connectivity index (χ0v) is 6.93. The summed E-state index contributed by atoms with van der Waals surface area (Å²) in [5.41, 5.74) is 1.21. The molecule has 0 spiro atoms. The predicted molar refractivity (Wildman–Crippen MR) is 43.8 cm³/mol. The summed E-state index contributed by atoms with van der Waals surface area (Å²) in [6, 6.07) is 5.25. The average Bonchev–Trinajstić information content (AvgIpc) is 2.05. The van der Waals surface area contributed by atoms with E-state index in [1.54, 1.807) is 18.2 Å². The fourth-order valence-corrected chi connectivity index (χ4v) is 0.899. The van der Waals surface area contributed by atoms with E-state index in [0.29, 0.717) is 11.6 Å². The molecule has 58 valence electrons. The molecule has 0 aromatic carbocycles. The third-order valence-electron chi connectivity index (χ3n) is 1.30. The lowest BCUT2D eigenvalue weighted by atomic mass is 10.2. The number of alkyl halides is 1. The van der Waals surface area contributed by atoms with E-state index >= 15 is 0 Å². The summed E-state index contributed by atoms with van der Waals surface area (Å²) in [7, 11) is 0. The minimum Gasteiger partial charge on any atom is -0.293 e. The molecule has 11 heavy (non-hydrogen) atoms. The van der Waals surface area contributed by atoms with Crippen LogP contribution in [0.15, 0.2) is 18.2 Å². The Bertz CT molecular complexity index is 273. The fourth-order valence-electron chi connectivity index (χ4n) is 0.750. The van der Waals surface area contributed by atoms with Crippen LogP contribution in [0, 0.1) is 0 Å². The SMILES string of the molecule is CC(=O)c1cccc(CCl)n1. The lowest BCUT2D eigenvalue weighted by Gasteiger charge is -1.96. The first-order chi connectivity index (χ1) is 5.24. The molecule has 1 rings (SSSR count). The first-order valence-corrected chi connectivity index (χ1v) is 3.80. The Labute approximate surface area is 70.2 Å². The molecule has 0 radical (unpaired) electrons. The van der Waals surface area contributed by atoms with Gasteiger partial charge in [0.15, 0.2) is 5.78 Å². The molecular formula is C8H8ClNO. The molecule has 0 bridgehead atoms. The highest BCUT2D eigenvalue weighted by atomic mass is 35.5. The van der Waals surface area contributed by atoms with Gasteiger partial charge in [0, 0.05) is 6.92 Å². The van der Waals surface area contributed by atoms with Gasteiger partial charge >= 0.3 is 0 Å². The van der Waals surface area contributed by atoms with Gasteiger partial charge in [-0.15, -0.1) is 11.6 Å². The Morgan fingerprint density at radius 1 is 1.64 bits per heavy atom. The molecule has 0 atom stereocenters. The minimum absolute atomic E-state index is 0.0306. The largest absolute Gasteiger partial charge is 0.293 e. The minimum atomic E-state index is -0.0306. The number of pyridine rings is 1. The van der Waals surface area contributed by atoms with Gasteiger partial charge in [-0.25, -0.2) is 4.98 Å². The molecule has 0 amide bonds. The third kappa shape index (κ3) is 2.02. The van der Waals surface area contributed by atoms with E-state index in [-0.39, 0.29) is 5.78 Å². The van der Waals surface area contributed by atoms with Crippen molar-refractivity contribution in [1.29, 1.82) is 0 Å². The number of carbonyl (C=O) groups is 1. The van der Waals surface area contributed by atoms with E-state index in [1.807, 2.05) is 0 Å². The van der Waals surface area contributed by atoms with Crippen LogP contribution in [-0.2, 0) is 5.88 Å². The van der Waals surface area contributed by atoms with E-state index in [9.17, 15) is 4.79 Å². The molecule has 0 aliphatic heterocycles. The van der Waals surface area contributed by atoms with Gasteiger partial charge in [-0.2, -0.15) is 0 Å². The highest BCUT2D eigenvalue weighted by Gasteiger charge is 2.00. The fraction of sp³-hybridized carbons (Fsp3) is 0.250. The van der Waals surface area contributed by atoms with Crippen LogP contribution in [0.25, 0.3) is 0 Å². The summed E-state index contributed by atoms with van der Waals surface area (Å²) in [5, 5.41) is 0. The number of carbonyl (C=O) groups excluding carboxylic acids is 1. The molecule has 3 heteroatoms. The van der Waals surface area contributed by atoms with Crippen molar-refractivity contribution in [3.63, 3.8) is 0 Å². The van der Waals surface area contributed by atoms with E-state index in [4.69, 9.17) is 11.6 Å². The second kappa shape index (κ2) is 3.49. The van der Waals surface area contributed by atoms with Gasteiger partial charge in [-0.1, -0.05) is 6.07 Å². The normalized spacial score (nSPS) is 9.64. The van der Waals surface area contributed by atoms with Crippen LogP contribution < -0.4 is 0 Å². The Morgan fingerprint density at radius 2 is 2.36 bits per heavy atom. The first kappa shape index (κ1) is 8.21. The van der Waals surface area contributed by atoms with Crippen molar-refractivity contribution in [3.8, 4) is 0 Å². The van der Waals surface area contributed by atoms with Crippen LogP contribution in [-0.4, -0.2) is 10.8 Å². The van der Waals surface area contributed by atoms with Gasteiger partial charge in [0.2, 0.25) is 0 Å². The highest BCUT2D eigenvalue weighted by Crippen LogP contribution is 2.02. The van der Waals surface area contributed by atoms with E-state index in [0.717, 1.165) is 5.69 Å². The Hall–Kier alpha value is -0.890. The lowest BCUT2D eigenvalue weighted by molar-refractivity contribution is 0.101. The predicted octanol–water partition coefficient (Wildman–Crippen LogP) is 2.02. The topological polar surface area (TPSA) is 30.0 Å². The molecule has 1 aromatic heterocycles. The highest BCUT2D eigenvalue weighted by molar-refractivity contribution is 6.16. The number of nitrogens with zero attached hydrogens (tertiary/aromatic N) is 1. The van der Waals surface area contributed by atoms with Crippen molar-refractivity contribution >= 4 is 17.4 Å². The van der Waals surface area contributed by atoms with E-state index in [2.05, 4.69) is 4.98 Å². The van der Waals surface area contributed by atoms with Crippen molar-refractivity contribution < 1.29 is 4.79 Å². The van der Waals surface area contributed by atoms with Gasteiger partial charge < -0.3 is 0 Å². The average molecular weight is 170 g/mol. The number of ketones is 1. The lowest BCUT2D eigenvalue weighted by Crippen LogP contribution is -1.98. The smallest absolute Gasteiger partial charge is 0.178 e. The monoisotopic (exact) mass is 169 g/mol. The van der Waals surface area contributed by atoms with Crippen LogP contribution in [0.3, 0.4) is 0 Å². The Morgan fingerprint density at radius 3 is 2.91 bits per heavy atom. The van der Waals surface area contributed by atoms with Gasteiger partial charge in [-0.05, 0) is 12.1 Å². The molecule has 0 N–H and O–H groups in total. The Balaban J connectivity index is 3.01. The maximum absolute atomic E-state index is 10.8. The summed E-state index contributed by atoms with van der Waals surface area (Å²) in [6.45, 7) is 1.49. The second-order valence-corrected chi connectivity index (χ2v) is 2.47. The summed E-state index contributed by atoms with van der Waals surface area (Å²) >= 11 is 5.53. The van der Waals surface area contributed by atoms with Crippen molar-refractivity contribution in [1.82, 2.24) is 4.98 Å².